The maximum Gasteiger partial charge on any atom is 0.271 e. The first-order chi connectivity index (χ1) is 8.46. The molecule has 2 heterocycles. The van der Waals surface area contributed by atoms with Crippen LogP contribution in [0.2, 0.25) is 0 Å². The topological polar surface area (TPSA) is 83.8 Å². The fraction of sp³-hybridized carbons (Fsp3) is 0.333. The van der Waals surface area contributed by atoms with Crippen LogP contribution in [0.4, 0.5) is 0 Å². The van der Waals surface area contributed by atoms with Gasteiger partial charge in [0.15, 0.2) is 5.69 Å². The highest BCUT2D eigenvalue weighted by Crippen LogP contribution is 2.22. The molecular weight excluding hydrogens is 284 g/mol. The minimum Gasteiger partial charge on any atom is -0.349 e. The number of hydrogen-bond acceptors (Lipinski definition) is 4. The van der Waals surface area contributed by atoms with Crippen molar-refractivity contribution in [2.75, 3.05) is 6.54 Å². The number of aromatic amines is 1. The summed E-state index contributed by atoms with van der Waals surface area (Å²) in [6.07, 6.45) is 0. The zero-order valence-electron chi connectivity index (χ0n) is 10.8. The van der Waals surface area contributed by atoms with E-state index in [0.717, 1.165) is 10.6 Å². The largest absolute Gasteiger partial charge is 0.349 e. The molecule has 0 radical (unpaired) electrons. The fourth-order valence-electron chi connectivity index (χ4n) is 1.39. The van der Waals surface area contributed by atoms with Gasteiger partial charge in [-0.1, -0.05) is 6.07 Å². The monoisotopic (exact) mass is 300 g/mol. The second-order valence-corrected chi connectivity index (χ2v) is 5.76. The highest BCUT2D eigenvalue weighted by molar-refractivity contribution is 7.13. The van der Waals surface area contributed by atoms with Gasteiger partial charge in [0, 0.05) is 12.1 Å². The van der Waals surface area contributed by atoms with E-state index in [1.165, 1.54) is 0 Å². The summed E-state index contributed by atoms with van der Waals surface area (Å²) in [5.41, 5.74) is 6.60. The SMILES string of the molecule is CC(C)(N)CNC(=O)c1cc(-c2cccs2)[nH]n1.Cl. The summed E-state index contributed by atoms with van der Waals surface area (Å²) in [5, 5.41) is 11.6. The van der Waals surface area contributed by atoms with Crippen molar-refractivity contribution in [3.63, 3.8) is 0 Å². The van der Waals surface area contributed by atoms with Gasteiger partial charge in [0.2, 0.25) is 0 Å². The number of hydrogen-bond donors (Lipinski definition) is 3. The first-order valence-electron chi connectivity index (χ1n) is 5.62. The molecule has 4 N–H and O–H groups in total. The summed E-state index contributed by atoms with van der Waals surface area (Å²) in [5.74, 6) is -0.215. The molecule has 1 amide bonds. The normalized spacial score (nSPS) is 10.9. The standard InChI is InChI=1S/C12H16N4OS.ClH/c1-12(2,13)7-14-11(17)9-6-8(15-16-9)10-4-3-5-18-10;/h3-6H,7,13H2,1-2H3,(H,14,17)(H,15,16);1H. The van der Waals surface area contributed by atoms with Crippen LogP contribution in [0.1, 0.15) is 24.3 Å². The van der Waals surface area contributed by atoms with Crippen LogP contribution in [0.3, 0.4) is 0 Å². The van der Waals surface area contributed by atoms with Crippen molar-refractivity contribution in [2.24, 2.45) is 5.73 Å². The summed E-state index contributed by atoms with van der Waals surface area (Å²) < 4.78 is 0. The van der Waals surface area contributed by atoms with Crippen LogP contribution in [0.5, 0.6) is 0 Å². The number of thiophene rings is 1. The second-order valence-electron chi connectivity index (χ2n) is 4.82. The number of nitrogens with zero attached hydrogens (tertiary/aromatic N) is 1. The molecule has 2 aromatic heterocycles. The number of H-pyrrole nitrogens is 1. The Labute approximate surface area is 122 Å². The first-order valence-corrected chi connectivity index (χ1v) is 6.50. The third kappa shape index (κ3) is 4.34. The van der Waals surface area contributed by atoms with E-state index in [4.69, 9.17) is 5.73 Å². The maximum absolute atomic E-state index is 11.8. The van der Waals surface area contributed by atoms with Crippen molar-refractivity contribution in [1.29, 1.82) is 0 Å². The molecule has 0 aliphatic carbocycles. The molecule has 19 heavy (non-hydrogen) atoms. The van der Waals surface area contributed by atoms with E-state index in [9.17, 15) is 4.79 Å². The molecule has 0 bridgehead atoms. The maximum atomic E-state index is 11.8. The molecule has 0 aliphatic rings. The van der Waals surface area contributed by atoms with Gasteiger partial charge in [-0.05, 0) is 31.4 Å². The fourth-order valence-corrected chi connectivity index (χ4v) is 2.09. The average molecular weight is 301 g/mol. The molecule has 7 heteroatoms. The zero-order chi connectivity index (χ0) is 13.2. The minimum absolute atomic E-state index is 0. The van der Waals surface area contributed by atoms with Crippen LogP contribution >= 0.6 is 23.7 Å². The van der Waals surface area contributed by atoms with Crippen molar-refractivity contribution in [2.45, 2.75) is 19.4 Å². The number of aromatic nitrogens is 2. The van der Waals surface area contributed by atoms with Crippen molar-refractivity contribution in [1.82, 2.24) is 15.5 Å². The van der Waals surface area contributed by atoms with E-state index >= 15 is 0 Å². The molecule has 0 saturated heterocycles. The Balaban J connectivity index is 0.00000180. The van der Waals surface area contributed by atoms with E-state index in [1.807, 2.05) is 31.4 Å². The molecular formula is C12H17ClN4OS. The van der Waals surface area contributed by atoms with Gasteiger partial charge >= 0.3 is 0 Å². The molecule has 5 nitrogen and oxygen atoms in total. The Morgan fingerprint density at radius 2 is 2.32 bits per heavy atom. The van der Waals surface area contributed by atoms with Crippen molar-refractivity contribution in [3.05, 3.63) is 29.3 Å². The summed E-state index contributed by atoms with van der Waals surface area (Å²) in [4.78, 5) is 12.9. The third-order valence-electron chi connectivity index (χ3n) is 2.30. The third-order valence-corrected chi connectivity index (χ3v) is 3.20. The summed E-state index contributed by atoms with van der Waals surface area (Å²) >= 11 is 1.60. The number of rotatable bonds is 4. The molecule has 0 fully saturated rings. The Morgan fingerprint density at radius 1 is 1.58 bits per heavy atom. The number of amides is 1. The molecule has 104 valence electrons. The molecule has 0 unspecified atom stereocenters. The van der Waals surface area contributed by atoms with E-state index in [2.05, 4.69) is 15.5 Å². The highest BCUT2D eigenvalue weighted by Gasteiger charge is 2.15. The predicted molar refractivity (Wildman–Crippen MR) is 79.7 cm³/mol. The first kappa shape index (κ1) is 15.7. The zero-order valence-corrected chi connectivity index (χ0v) is 12.4. The predicted octanol–water partition coefficient (Wildman–Crippen LogP) is 2.03. The molecule has 0 atom stereocenters. The Bertz CT molecular complexity index is 530. The van der Waals surface area contributed by atoms with Gasteiger partial charge in [0.1, 0.15) is 0 Å². The minimum atomic E-state index is -0.428. The van der Waals surface area contributed by atoms with Crippen LogP contribution in [0, 0.1) is 0 Å². The van der Waals surface area contributed by atoms with Gasteiger partial charge < -0.3 is 11.1 Å². The van der Waals surface area contributed by atoms with Gasteiger partial charge in [-0.15, -0.1) is 23.7 Å². The number of carbonyl (C=O) groups is 1. The lowest BCUT2D eigenvalue weighted by Gasteiger charge is -2.18. The number of carbonyl (C=O) groups excluding carboxylic acids is 1. The molecule has 0 spiro atoms. The van der Waals surface area contributed by atoms with Gasteiger partial charge in [-0.25, -0.2) is 0 Å². The van der Waals surface area contributed by atoms with E-state index in [0.29, 0.717) is 12.2 Å². The van der Waals surface area contributed by atoms with Crippen LogP contribution in [-0.4, -0.2) is 28.2 Å². The molecule has 0 aromatic carbocycles. The lowest BCUT2D eigenvalue weighted by molar-refractivity contribution is 0.0941. The van der Waals surface area contributed by atoms with Crippen LogP contribution in [0.25, 0.3) is 10.6 Å². The van der Waals surface area contributed by atoms with Gasteiger partial charge in [0.25, 0.3) is 5.91 Å². The van der Waals surface area contributed by atoms with Gasteiger partial charge in [-0.3, -0.25) is 9.89 Å². The van der Waals surface area contributed by atoms with E-state index in [1.54, 1.807) is 17.4 Å². The summed E-state index contributed by atoms with van der Waals surface area (Å²) in [7, 11) is 0. The van der Waals surface area contributed by atoms with Gasteiger partial charge in [0.05, 0.1) is 10.6 Å². The van der Waals surface area contributed by atoms with Gasteiger partial charge in [-0.2, -0.15) is 5.10 Å². The number of halogens is 1. The van der Waals surface area contributed by atoms with Crippen LogP contribution in [-0.2, 0) is 0 Å². The van der Waals surface area contributed by atoms with Crippen LogP contribution < -0.4 is 11.1 Å². The summed E-state index contributed by atoms with van der Waals surface area (Å²) in [6.45, 7) is 4.12. The smallest absolute Gasteiger partial charge is 0.271 e. The van der Waals surface area contributed by atoms with Crippen molar-refractivity contribution >= 4 is 29.7 Å². The highest BCUT2D eigenvalue weighted by atomic mass is 35.5. The average Bonchev–Trinajstić information content (AvgIpc) is 2.94. The van der Waals surface area contributed by atoms with Crippen molar-refractivity contribution < 1.29 is 4.79 Å². The molecule has 0 aliphatic heterocycles. The Kier molecular flexibility index (Phi) is 5.11. The lowest BCUT2D eigenvalue weighted by atomic mass is 10.1. The van der Waals surface area contributed by atoms with Crippen molar-refractivity contribution in [3.8, 4) is 10.6 Å². The van der Waals surface area contributed by atoms with E-state index in [-0.39, 0.29) is 18.3 Å². The summed E-state index contributed by atoms with van der Waals surface area (Å²) in [6, 6.07) is 5.67. The number of nitrogens with two attached hydrogens (primary N) is 1. The molecule has 2 aromatic rings. The number of nitrogens with one attached hydrogen (secondary N) is 2. The molecule has 0 saturated carbocycles. The lowest BCUT2D eigenvalue weighted by Crippen LogP contribution is -2.45. The van der Waals surface area contributed by atoms with Crippen LogP contribution in [0.15, 0.2) is 23.6 Å². The quantitative estimate of drug-likeness (QED) is 0.808. The second kappa shape index (κ2) is 6.18. The molecule has 2 rings (SSSR count). The van der Waals surface area contributed by atoms with E-state index < -0.39 is 5.54 Å². The Morgan fingerprint density at radius 3 is 2.89 bits per heavy atom. The Hall–Kier alpha value is -1.37.